The minimum absolute atomic E-state index is 0.0903. The number of aliphatic carboxylic acids is 3. The number of carbonyl (C=O) groups is 4. The minimum atomic E-state index is -1.22. The van der Waals surface area contributed by atoms with Crippen molar-refractivity contribution >= 4 is 23.9 Å². The zero-order chi connectivity index (χ0) is 16.1. The average Bonchev–Trinajstić information content (AvgIpc) is 2.34. The lowest BCUT2D eigenvalue weighted by atomic mass is 10.2. The standard InChI is InChI=1S/2C6H8O4/c1-2-10-6(9)4-3-5(7)8;1-2-4(6(9)10)3-5(7)8/h3-4H,2H2,1H3,(H,7,8);3H,2H2,1H3,(H,7,8)(H,9,10)/b2*4-3-. The molecular weight excluding hydrogens is 272 g/mol. The van der Waals surface area contributed by atoms with Crippen LogP contribution in [0.3, 0.4) is 0 Å². The fraction of sp³-hybridized carbons (Fsp3) is 0.333. The van der Waals surface area contributed by atoms with Crippen LogP contribution in [0.1, 0.15) is 20.3 Å². The molecule has 0 aromatic heterocycles. The molecule has 0 bridgehead atoms. The molecule has 0 rings (SSSR count). The van der Waals surface area contributed by atoms with Gasteiger partial charge in [0, 0.05) is 23.8 Å². The second-order valence-electron chi connectivity index (χ2n) is 3.09. The van der Waals surface area contributed by atoms with Gasteiger partial charge in [0.25, 0.3) is 0 Å². The first-order valence-electron chi connectivity index (χ1n) is 5.49. The van der Waals surface area contributed by atoms with E-state index in [1.807, 2.05) is 0 Å². The van der Waals surface area contributed by atoms with Gasteiger partial charge < -0.3 is 20.1 Å². The Bertz CT molecular complexity index is 417. The van der Waals surface area contributed by atoms with Crippen LogP contribution in [-0.2, 0) is 23.9 Å². The monoisotopic (exact) mass is 288 g/mol. The summed E-state index contributed by atoms with van der Waals surface area (Å²) in [6, 6.07) is 0. The fourth-order valence-electron chi connectivity index (χ4n) is 0.794. The summed E-state index contributed by atoms with van der Waals surface area (Å²) in [6.07, 6.45) is 2.52. The van der Waals surface area contributed by atoms with Crippen LogP contribution in [0.25, 0.3) is 0 Å². The van der Waals surface area contributed by atoms with E-state index in [0.717, 1.165) is 12.2 Å². The molecule has 0 saturated heterocycles. The first kappa shape index (κ1) is 19.7. The molecule has 0 spiro atoms. The topological polar surface area (TPSA) is 138 Å². The molecule has 8 heteroatoms. The summed E-state index contributed by atoms with van der Waals surface area (Å²) in [5.74, 6) is -4.19. The Morgan fingerprint density at radius 2 is 1.50 bits per heavy atom. The van der Waals surface area contributed by atoms with Gasteiger partial charge in [-0.15, -0.1) is 0 Å². The molecule has 0 aromatic rings. The van der Waals surface area contributed by atoms with Gasteiger partial charge in [-0.1, -0.05) is 6.92 Å². The van der Waals surface area contributed by atoms with Crippen LogP contribution in [0.5, 0.6) is 0 Å². The molecule has 112 valence electrons. The predicted molar refractivity (Wildman–Crippen MR) is 67.1 cm³/mol. The zero-order valence-corrected chi connectivity index (χ0v) is 11.0. The Morgan fingerprint density at radius 1 is 0.950 bits per heavy atom. The maximum atomic E-state index is 10.4. The van der Waals surface area contributed by atoms with Crippen molar-refractivity contribution in [2.24, 2.45) is 0 Å². The van der Waals surface area contributed by atoms with Crippen molar-refractivity contribution in [1.29, 1.82) is 0 Å². The number of esters is 1. The van der Waals surface area contributed by atoms with E-state index in [2.05, 4.69) is 4.74 Å². The molecule has 3 N–H and O–H groups in total. The second kappa shape index (κ2) is 11.5. The smallest absolute Gasteiger partial charge is 0.331 e. The third-order valence-electron chi connectivity index (χ3n) is 1.60. The van der Waals surface area contributed by atoms with Crippen LogP contribution >= 0.6 is 0 Å². The maximum Gasteiger partial charge on any atom is 0.331 e. The molecular formula is C12H16O8. The van der Waals surface area contributed by atoms with E-state index in [-0.39, 0.29) is 18.6 Å². The lowest BCUT2D eigenvalue weighted by Gasteiger charge is -1.92. The summed E-state index contributed by atoms with van der Waals surface area (Å²) in [6.45, 7) is 3.48. The van der Waals surface area contributed by atoms with Crippen LogP contribution < -0.4 is 0 Å². The molecule has 0 radical (unpaired) electrons. The van der Waals surface area contributed by atoms with Crippen molar-refractivity contribution in [1.82, 2.24) is 0 Å². The van der Waals surface area contributed by atoms with Crippen molar-refractivity contribution in [3.8, 4) is 0 Å². The van der Waals surface area contributed by atoms with Gasteiger partial charge in [-0.3, -0.25) is 0 Å². The Labute approximate surface area is 115 Å². The van der Waals surface area contributed by atoms with Crippen molar-refractivity contribution in [3.63, 3.8) is 0 Å². The summed E-state index contributed by atoms with van der Waals surface area (Å²) in [7, 11) is 0. The molecule has 0 aromatic carbocycles. The van der Waals surface area contributed by atoms with Crippen molar-refractivity contribution in [2.45, 2.75) is 20.3 Å². The van der Waals surface area contributed by atoms with Crippen molar-refractivity contribution in [2.75, 3.05) is 6.61 Å². The molecule has 0 fully saturated rings. The van der Waals surface area contributed by atoms with Gasteiger partial charge in [-0.05, 0) is 13.3 Å². The van der Waals surface area contributed by atoms with E-state index >= 15 is 0 Å². The Kier molecular flexibility index (Phi) is 11.3. The van der Waals surface area contributed by atoms with Crippen molar-refractivity contribution in [3.05, 3.63) is 23.8 Å². The molecule has 0 saturated carbocycles. The van der Waals surface area contributed by atoms with E-state index in [1.54, 1.807) is 13.8 Å². The normalized spacial score (nSPS) is 10.4. The Morgan fingerprint density at radius 3 is 1.75 bits per heavy atom. The first-order valence-corrected chi connectivity index (χ1v) is 5.49. The van der Waals surface area contributed by atoms with Crippen molar-refractivity contribution < 1.29 is 39.2 Å². The third kappa shape index (κ3) is 13.4. The quantitative estimate of drug-likeness (QED) is 0.479. The second-order valence-corrected chi connectivity index (χ2v) is 3.09. The number of hydrogen-bond donors (Lipinski definition) is 3. The fourth-order valence-corrected chi connectivity index (χ4v) is 0.794. The minimum Gasteiger partial charge on any atom is -0.478 e. The van der Waals surface area contributed by atoms with Gasteiger partial charge in [0.1, 0.15) is 0 Å². The van der Waals surface area contributed by atoms with Gasteiger partial charge in [0.05, 0.1) is 6.61 Å². The van der Waals surface area contributed by atoms with Gasteiger partial charge in [-0.25, -0.2) is 19.2 Å². The first-order chi connectivity index (χ1) is 9.24. The van der Waals surface area contributed by atoms with Gasteiger partial charge >= 0.3 is 23.9 Å². The van der Waals surface area contributed by atoms with Crippen LogP contribution in [0.4, 0.5) is 0 Å². The third-order valence-corrected chi connectivity index (χ3v) is 1.60. The molecule has 0 aliphatic rings. The van der Waals surface area contributed by atoms with Crippen LogP contribution in [0, 0.1) is 0 Å². The SMILES string of the molecule is CC/C(=C/C(=O)O)C(=O)O.CCOC(=O)/C=C\C(=O)O. The highest BCUT2D eigenvalue weighted by atomic mass is 16.5. The zero-order valence-electron chi connectivity index (χ0n) is 11.0. The molecule has 0 atom stereocenters. The summed E-state index contributed by atoms with van der Waals surface area (Å²) < 4.78 is 4.40. The largest absolute Gasteiger partial charge is 0.478 e. The summed E-state index contributed by atoms with van der Waals surface area (Å²) >= 11 is 0. The molecule has 0 amide bonds. The maximum absolute atomic E-state index is 10.4. The highest BCUT2D eigenvalue weighted by molar-refractivity contribution is 5.94. The van der Waals surface area contributed by atoms with Crippen LogP contribution in [0.15, 0.2) is 23.8 Å². The van der Waals surface area contributed by atoms with E-state index in [9.17, 15) is 19.2 Å². The number of carboxylic acid groups (broad SMARTS) is 3. The number of carbonyl (C=O) groups excluding carboxylic acids is 1. The Hall–Kier alpha value is -2.64. The predicted octanol–water partition coefficient (Wildman–Crippen LogP) is 0.682. The van der Waals surface area contributed by atoms with E-state index in [0.29, 0.717) is 6.08 Å². The molecule has 20 heavy (non-hydrogen) atoms. The van der Waals surface area contributed by atoms with E-state index in [1.165, 1.54) is 0 Å². The summed E-state index contributed by atoms with van der Waals surface area (Å²) in [5, 5.41) is 24.5. The molecule has 0 heterocycles. The number of ether oxygens (including phenoxy) is 1. The van der Waals surface area contributed by atoms with E-state index < -0.39 is 23.9 Å². The molecule has 0 aliphatic heterocycles. The summed E-state index contributed by atoms with van der Waals surface area (Å²) in [4.78, 5) is 40.3. The van der Waals surface area contributed by atoms with Crippen LogP contribution in [-0.4, -0.2) is 45.8 Å². The molecule has 0 aliphatic carbocycles. The summed E-state index contributed by atoms with van der Waals surface area (Å²) in [5.41, 5.74) is -0.0903. The lowest BCUT2D eigenvalue weighted by molar-refractivity contribution is -0.138. The number of rotatable bonds is 6. The van der Waals surface area contributed by atoms with Gasteiger partial charge in [0.2, 0.25) is 0 Å². The number of carboxylic acids is 3. The van der Waals surface area contributed by atoms with E-state index in [4.69, 9.17) is 15.3 Å². The van der Waals surface area contributed by atoms with Gasteiger partial charge in [0.15, 0.2) is 0 Å². The molecule has 0 unspecified atom stereocenters. The average molecular weight is 288 g/mol. The lowest BCUT2D eigenvalue weighted by Crippen LogP contribution is -2.02. The molecule has 8 nitrogen and oxygen atoms in total. The highest BCUT2D eigenvalue weighted by Crippen LogP contribution is 1.98. The van der Waals surface area contributed by atoms with Gasteiger partial charge in [-0.2, -0.15) is 0 Å². The van der Waals surface area contributed by atoms with Crippen LogP contribution in [0.2, 0.25) is 0 Å². The highest BCUT2D eigenvalue weighted by Gasteiger charge is 2.05. The number of hydrogen-bond acceptors (Lipinski definition) is 5. The Balaban J connectivity index is 0.